The van der Waals surface area contributed by atoms with Gasteiger partial charge >= 0.3 is 0 Å². The first-order chi connectivity index (χ1) is 12.4. The van der Waals surface area contributed by atoms with E-state index in [1.807, 2.05) is 36.8 Å². The quantitative estimate of drug-likeness (QED) is 0.422. The predicted molar refractivity (Wildman–Crippen MR) is 104 cm³/mol. The summed E-state index contributed by atoms with van der Waals surface area (Å²) in [6.45, 7) is 0. The number of nitrogens with zero attached hydrogens (tertiary/aromatic N) is 3. The third-order valence-corrected chi connectivity index (χ3v) is 5.06. The van der Waals surface area contributed by atoms with Crippen LogP contribution in [-0.2, 0) is 0 Å². The number of hydrogen-bond donors (Lipinski definition) is 0. The maximum atomic E-state index is 4.65. The highest BCUT2D eigenvalue weighted by molar-refractivity contribution is 7.04. The fourth-order valence-electron chi connectivity index (χ4n) is 3.24. The Morgan fingerprint density at radius 2 is 1.68 bits per heavy atom. The zero-order chi connectivity index (χ0) is 16.6. The molecule has 3 heterocycles. The second kappa shape index (κ2) is 5.76. The molecule has 3 nitrogen and oxygen atoms in total. The van der Waals surface area contributed by atoms with E-state index in [2.05, 4.69) is 56.1 Å². The van der Waals surface area contributed by atoms with Gasteiger partial charge in [-0.3, -0.25) is 9.97 Å². The van der Waals surface area contributed by atoms with Gasteiger partial charge in [-0.1, -0.05) is 18.2 Å². The van der Waals surface area contributed by atoms with Crippen LogP contribution in [0, 0.1) is 0 Å². The summed E-state index contributed by atoms with van der Waals surface area (Å²) >= 11 is 1.49. The molecule has 5 rings (SSSR count). The molecule has 2 aromatic carbocycles. The van der Waals surface area contributed by atoms with Gasteiger partial charge in [-0.2, -0.15) is 4.37 Å². The van der Waals surface area contributed by atoms with Crippen LogP contribution in [0.25, 0.3) is 44.1 Å². The lowest BCUT2D eigenvalue weighted by atomic mass is 9.94. The Morgan fingerprint density at radius 1 is 0.760 bits per heavy atom. The molecule has 0 atom stereocenters. The van der Waals surface area contributed by atoms with Gasteiger partial charge in [-0.25, -0.2) is 0 Å². The van der Waals surface area contributed by atoms with Gasteiger partial charge in [0.2, 0.25) is 0 Å². The van der Waals surface area contributed by atoms with Crippen molar-refractivity contribution in [1.82, 2.24) is 14.3 Å². The summed E-state index contributed by atoms with van der Waals surface area (Å²) < 4.78 is 4.48. The molecule has 0 amide bonds. The second-order valence-corrected chi connectivity index (χ2v) is 6.52. The zero-order valence-electron chi connectivity index (χ0n) is 13.3. The van der Waals surface area contributed by atoms with E-state index >= 15 is 0 Å². The minimum atomic E-state index is 1.01. The molecule has 0 aliphatic heterocycles. The summed E-state index contributed by atoms with van der Waals surface area (Å²) in [6, 6.07) is 18.8. The van der Waals surface area contributed by atoms with Crippen molar-refractivity contribution in [1.29, 1.82) is 0 Å². The topological polar surface area (TPSA) is 38.7 Å². The third kappa shape index (κ3) is 2.39. The van der Waals surface area contributed by atoms with Crippen LogP contribution in [0.15, 0.2) is 78.6 Å². The van der Waals surface area contributed by atoms with Crippen LogP contribution in [0.4, 0.5) is 0 Å². The van der Waals surface area contributed by atoms with E-state index in [0.717, 1.165) is 33.1 Å². The van der Waals surface area contributed by atoms with Gasteiger partial charge in [-0.05, 0) is 64.6 Å². The van der Waals surface area contributed by atoms with Crippen molar-refractivity contribution in [3.63, 3.8) is 0 Å². The van der Waals surface area contributed by atoms with Crippen LogP contribution in [-0.4, -0.2) is 14.3 Å². The van der Waals surface area contributed by atoms with Crippen molar-refractivity contribution in [3.05, 3.63) is 78.6 Å². The number of aromatic nitrogens is 3. The van der Waals surface area contributed by atoms with Gasteiger partial charge in [0.05, 0.1) is 11.0 Å². The molecule has 0 radical (unpaired) electrons. The number of rotatable bonds is 2. The zero-order valence-corrected chi connectivity index (χ0v) is 14.1. The Hall–Kier alpha value is -3.11. The SMILES string of the molecule is c1cnc2c(-c3cccc4nscc34)cc(-c3ccncc3)cc2c1. The fourth-order valence-corrected chi connectivity index (χ4v) is 3.91. The number of pyridine rings is 2. The molecule has 0 bridgehead atoms. The van der Waals surface area contributed by atoms with Gasteiger partial charge in [0.1, 0.15) is 0 Å². The number of benzene rings is 2. The Kier molecular flexibility index (Phi) is 3.28. The van der Waals surface area contributed by atoms with Crippen molar-refractivity contribution in [2.45, 2.75) is 0 Å². The van der Waals surface area contributed by atoms with Gasteiger partial charge in [0.25, 0.3) is 0 Å². The van der Waals surface area contributed by atoms with Crippen LogP contribution in [0.2, 0.25) is 0 Å². The minimum absolute atomic E-state index is 1.01. The summed E-state index contributed by atoms with van der Waals surface area (Å²) in [6.07, 6.45) is 5.50. The first kappa shape index (κ1) is 14.3. The van der Waals surface area contributed by atoms with Crippen LogP contribution < -0.4 is 0 Å². The van der Waals surface area contributed by atoms with Gasteiger partial charge in [0.15, 0.2) is 0 Å². The normalized spacial score (nSPS) is 11.2. The van der Waals surface area contributed by atoms with Crippen LogP contribution in [0.3, 0.4) is 0 Å². The van der Waals surface area contributed by atoms with E-state index in [1.165, 1.54) is 22.5 Å². The van der Waals surface area contributed by atoms with Gasteiger partial charge in [0, 0.05) is 40.3 Å². The van der Waals surface area contributed by atoms with E-state index < -0.39 is 0 Å². The van der Waals surface area contributed by atoms with E-state index in [4.69, 9.17) is 0 Å². The molecule has 4 heteroatoms. The van der Waals surface area contributed by atoms with Gasteiger partial charge in [-0.15, -0.1) is 0 Å². The molecule has 0 unspecified atom stereocenters. The van der Waals surface area contributed by atoms with E-state index in [1.54, 1.807) is 0 Å². The Morgan fingerprint density at radius 3 is 2.60 bits per heavy atom. The lowest BCUT2D eigenvalue weighted by Gasteiger charge is -2.11. The molecule has 0 aliphatic rings. The van der Waals surface area contributed by atoms with Crippen molar-refractivity contribution in [2.24, 2.45) is 0 Å². The molecule has 0 spiro atoms. The van der Waals surface area contributed by atoms with Crippen molar-refractivity contribution >= 4 is 33.3 Å². The molecule has 0 N–H and O–H groups in total. The predicted octanol–water partition coefficient (Wildman–Crippen LogP) is 5.57. The molecule has 3 aromatic heterocycles. The Balaban J connectivity index is 1.87. The average Bonchev–Trinajstić information content (AvgIpc) is 3.17. The molecular formula is C21H13N3S. The highest BCUT2D eigenvalue weighted by Gasteiger charge is 2.12. The van der Waals surface area contributed by atoms with Crippen molar-refractivity contribution in [3.8, 4) is 22.3 Å². The molecule has 25 heavy (non-hydrogen) atoms. The molecule has 118 valence electrons. The summed E-state index contributed by atoms with van der Waals surface area (Å²) in [5.41, 5.74) is 6.66. The summed E-state index contributed by atoms with van der Waals surface area (Å²) in [7, 11) is 0. The minimum Gasteiger partial charge on any atom is -0.265 e. The Bertz CT molecular complexity index is 1200. The monoisotopic (exact) mass is 339 g/mol. The lowest BCUT2D eigenvalue weighted by Crippen LogP contribution is -1.88. The van der Waals surface area contributed by atoms with Crippen molar-refractivity contribution < 1.29 is 0 Å². The molecular weight excluding hydrogens is 326 g/mol. The first-order valence-electron chi connectivity index (χ1n) is 8.03. The van der Waals surface area contributed by atoms with Crippen LogP contribution in [0.5, 0.6) is 0 Å². The average molecular weight is 339 g/mol. The molecule has 5 aromatic rings. The molecule has 0 saturated heterocycles. The molecule has 0 aliphatic carbocycles. The highest BCUT2D eigenvalue weighted by Crippen LogP contribution is 2.36. The first-order valence-corrected chi connectivity index (χ1v) is 8.86. The second-order valence-electron chi connectivity index (χ2n) is 5.89. The van der Waals surface area contributed by atoms with Crippen LogP contribution >= 0.6 is 11.5 Å². The highest BCUT2D eigenvalue weighted by atomic mass is 32.1. The summed E-state index contributed by atoms with van der Waals surface area (Å²) in [4.78, 5) is 8.78. The standard InChI is InChI=1S/C21H13N3S/c1-4-17(19-13-25-24-20(19)5-1)18-12-16(14-6-9-22-10-7-14)11-15-3-2-8-23-21(15)18/h1-13H. The summed E-state index contributed by atoms with van der Waals surface area (Å²) in [5, 5.41) is 4.41. The summed E-state index contributed by atoms with van der Waals surface area (Å²) in [5.74, 6) is 0. The fraction of sp³-hybridized carbons (Fsp3) is 0. The maximum absolute atomic E-state index is 4.65. The van der Waals surface area contributed by atoms with E-state index in [9.17, 15) is 0 Å². The molecule has 0 fully saturated rings. The third-order valence-electron chi connectivity index (χ3n) is 4.41. The van der Waals surface area contributed by atoms with E-state index in [-0.39, 0.29) is 0 Å². The van der Waals surface area contributed by atoms with Gasteiger partial charge < -0.3 is 0 Å². The smallest absolute Gasteiger partial charge is 0.0846 e. The Labute approximate surface area is 148 Å². The largest absolute Gasteiger partial charge is 0.265 e. The molecule has 0 saturated carbocycles. The van der Waals surface area contributed by atoms with Crippen LogP contribution in [0.1, 0.15) is 0 Å². The maximum Gasteiger partial charge on any atom is 0.0846 e. The van der Waals surface area contributed by atoms with Crippen molar-refractivity contribution in [2.75, 3.05) is 0 Å². The van der Waals surface area contributed by atoms with E-state index in [0.29, 0.717) is 0 Å². The number of hydrogen-bond acceptors (Lipinski definition) is 4. The lowest BCUT2D eigenvalue weighted by molar-refractivity contribution is 1.33. The number of fused-ring (bicyclic) bond motifs is 2.